The zero-order valence-corrected chi connectivity index (χ0v) is 15.7. The molecule has 0 aromatic heterocycles. The second kappa shape index (κ2) is 8.65. The number of hydrogen-bond donors (Lipinski definition) is 3. The van der Waals surface area contributed by atoms with Gasteiger partial charge in [-0.1, -0.05) is 0 Å². The van der Waals surface area contributed by atoms with Crippen LogP contribution in [0.5, 0.6) is 17.2 Å². The van der Waals surface area contributed by atoms with E-state index in [1.807, 2.05) is 6.92 Å². The first-order valence-electron chi connectivity index (χ1n) is 9.32. The van der Waals surface area contributed by atoms with Crippen LogP contribution in [0.25, 0.3) is 0 Å². The molecule has 0 atom stereocenters. The Labute approximate surface area is 163 Å². The molecule has 1 heterocycles. The number of amides is 2. The van der Waals surface area contributed by atoms with Crippen molar-refractivity contribution in [2.45, 2.75) is 25.8 Å². The number of likely N-dealkylation sites (tertiary alicyclic amines) is 1. The van der Waals surface area contributed by atoms with Crippen LogP contribution in [0.4, 0.5) is 0 Å². The van der Waals surface area contributed by atoms with E-state index >= 15 is 0 Å². The summed E-state index contributed by atoms with van der Waals surface area (Å²) in [6.45, 7) is 3.57. The first-order valence-corrected chi connectivity index (χ1v) is 9.32. The van der Waals surface area contributed by atoms with Gasteiger partial charge < -0.3 is 25.2 Å². The van der Waals surface area contributed by atoms with Gasteiger partial charge >= 0.3 is 0 Å². The van der Waals surface area contributed by atoms with Gasteiger partial charge in [0.05, 0.1) is 6.61 Å². The maximum atomic E-state index is 12.6. The molecular formula is C21H24N2O5. The fraction of sp³-hybridized carbons (Fsp3) is 0.333. The van der Waals surface area contributed by atoms with E-state index in [9.17, 15) is 19.8 Å². The Morgan fingerprint density at radius 3 is 2.21 bits per heavy atom. The van der Waals surface area contributed by atoms with Crippen molar-refractivity contribution in [1.82, 2.24) is 10.2 Å². The van der Waals surface area contributed by atoms with Gasteiger partial charge in [0.1, 0.15) is 17.2 Å². The minimum Gasteiger partial charge on any atom is -0.508 e. The molecular weight excluding hydrogens is 360 g/mol. The lowest BCUT2D eigenvalue weighted by Gasteiger charge is -2.32. The van der Waals surface area contributed by atoms with E-state index in [4.69, 9.17) is 4.74 Å². The first-order chi connectivity index (χ1) is 13.5. The zero-order valence-electron chi connectivity index (χ0n) is 15.7. The van der Waals surface area contributed by atoms with Crippen molar-refractivity contribution in [3.8, 4) is 17.2 Å². The molecule has 1 aliphatic heterocycles. The van der Waals surface area contributed by atoms with Gasteiger partial charge in [-0.2, -0.15) is 0 Å². The van der Waals surface area contributed by atoms with Crippen molar-refractivity contribution < 1.29 is 24.5 Å². The van der Waals surface area contributed by atoms with E-state index in [1.54, 1.807) is 29.2 Å². The number of nitrogens with one attached hydrogen (secondary N) is 1. The summed E-state index contributed by atoms with van der Waals surface area (Å²) in [6, 6.07) is 10.8. The zero-order chi connectivity index (χ0) is 20.1. The maximum absolute atomic E-state index is 12.6. The lowest BCUT2D eigenvalue weighted by molar-refractivity contribution is 0.0698. The predicted octanol–water partition coefficient (Wildman–Crippen LogP) is 2.53. The van der Waals surface area contributed by atoms with Crippen molar-refractivity contribution in [2.24, 2.45) is 0 Å². The van der Waals surface area contributed by atoms with Crippen molar-refractivity contribution in [3.63, 3.8) is 0 Å². The SMILES string of the molecule is CCOc1ccc(C(=O)N2CCC(NC(=O)c3cc(O)cc(O)c3)CC2)cc1. The van der Waals surface area contributed by atoms with Gasteiger partial charge in [0.15, 0.2) is 0 Å². The highest BCUT2D eigenvalue weighted by molar-refractivity contribution is 5.95. The summed E-state index contributed by atoms with van der Waals surface area (Å²) in [5.41, 5.74) is 0.812. The van der Waals surface area contributed by atoms with Crippen LogP contribution in [0.3, 0.4) is 0 Å². The van der Waals surface area contributed by atoms with E-state index in [0.29, 0.717) is 38.1 Å². The molecule has 7 nitrogen and oxygen atoms in total. The summed E-state index contributed by atoms with van der Waals surface area (Å²) in [7, 11) is 0. The summed E-state index contributed by atoms with van der Waals surface area (Å²) in [4.78, 5) is 26.7. The monoisotopic (exact) mass is 384 g/mol. The van der Waals surface area contributed by atoms with Crippen LogP contribution in [0.1, 0.15) is 40.5 Å². The number of carbonyl (C=O) groups is 2. The molecule has 3 N–H and O–H groups in total. The number of ether oxygens (including phenoxy) is 1. The number of rotatable bonds is 5. The number of phenolic OH excluding ortho intramolecular Hbond substituents is 2. The third kappa shape index (κ3) is 4.73. The van der Waals surface area contributed by atoms with Gasteiger partial charge in [-0.15, -0.1) is 0 Å². The minimum absolute atomic E-state index is 0.0364. The quantitative estimate of drug-likeness (QED) is 0.736. The average Bonchev–Trinajstić information content (AvgIpc) is 2.68. The fourth-order valence-corrected chi connectivity index (χ4v) is 3.26. The number of benzene rings is 2. The molecule has 1 aliphatic rings. The highest BCUT2D eigenvalue weighted by atomic mass is 16.5. The number of hydrogen-bond acceptors (Lipinski definition) is 5. The number of nitrogens with zero attached hydrogens (tertiary/aromatic N) is 1. The lowest BCUT2D eigenvalue weighted by atomic mass is 10.0. The van der Waals surface area contributed by atoms with Crippen molar-refractivity contribution >= 4 is 11.8 Å². The van der Waals surface area contributed by atoms with Crippen LogP contribution in [0.15, 0.2) is 42.5 Å². The Bertz CT molecular complexity index is 822. The first kappa shape index (κ1) is 19.5. The second-order valence-corrected chi connectivity index (χ2v) is 6.74. The van der Waals surface area contributed by atoms with Crippen LogP contribution in [-0.2, 0) is 0 Å². The Morgan fingerprint density at radius 1 is 1.04 bits per heavy atom. The summed E-state index contributed by atoms with van der Waals surface area (Å²) in [5.74, 6) is 0.00789. The molecule has 3 rings (SSSR count). The Morgan fingerprint density at radius 2 is 1.64 bits per heavy atom. The molecule has 2 aromatic rings. The summed E-state index contributed by atoms with van der Waals surface area (Å²) >= 11 is 0. The standard InChI is InChI=1S/C21H24N2O5/c1-2-28-19-5-3-14(4-6-19)21(27)23-9-7-16(8-10-23)22-20(26)15-11-17(24)13-18(25)12-15/h3-6,11-13,16,24-25H,2,7-10H2,1H3,(H,22,26). The Balaban J connectivity index is 1.53. The number of carbonyl (C=O) groups excluding carboxylic acids is 2. The minimum atomic E-state index is -0.359. The molecule has 0 spiro atoms. The highest BCUT2D eigenvalue weighted by Gasteiger charge is 2.25. The molecule has 0 unspecified atom stereocenters. The van der Waals surface area contributed by atoms with Gasteiger partial charge in [0.25, 0.3) is 11.8 Å². The summed E-state index contributed by atoms with van der Waals surface area (Å²) < 4.78 is 5.39. The second-order valence-electron chi connectivity index (χ2n) is 6.74. The predicted molar refractivity (Wildman–Crippen MR) is 104 cm³/mol. The molecule has 28 heavy (non-hydrogen) atoms. The topological polar surface area (TPSA) is 99.1 Å². The molecule has 0 radical (unpaired) electrons. The van der Waals surface area contributed by atoms with E-state index in [0.717, 1.165) is 5.75 Å². The average molecular weight is 384 g/mol. The third-order valence-electron chi connectivity index (χ3n) is 4.69. The van der Waals surface area contributed by atoms with Gasteiger partial charge in [-0.05, 0) is 56.2 Å². The molecule has 0 aliphatic carbocycles. The van der Waals surface area contributed by atoms with E-state index in [-0.39, 0.29) is 34.9 Å². The Hall–Kier alpha value is -3.22. The Kier molecular flexibility index (Phi) is 6.03. The fourth-order valence-electron chi connectivity index (χ4n) is 3.26. The molecule has 148 valence electrons. The van der Waals surface area contributed by atoms with E-state index in [2.05, 4.69) is 5.32 Å². The van der Waals surface area contributed by atoms with E-state index < -0.39 is 0 Å². The van der Waals surface area contributed by atoms with Crippen molar-refractivity contribution in [3.05, 3.63) is 53.6 Å². The normalized spacial score (nSPS) is 14.5. The number of aromatic hydroxyl groups is 2. The van der Waals surface area contributed by atoms with Gasteiger partial charge in [0.2, 0.25) is 0 Å². The molecule has 0 saturated carbocycles. The molecule has 2 aromatic carbocycles. The lowest BCUT2D eigenvalue weighted by Crippen LogP contribution is -2.46. The number of piperidine rings is 1. The van der Waals surface area contributed by atoms with Crippen LogP contribution in [0, 0.1) is 0 Å². The van der Waals surface area contributed by atoms with E-state index in [1.165, 1.54) is 18.2 Å². The molecule has 2 amide bonds. The molecule has 7 heteroatoms. The van der Waals surface area contributed by atoms with Crippen LogP contribution in [0.2, 0.25) is 0 Å². The highest BCUT2D eigenvalue weighted by Crippen LogP contribution is 2.21. The molecule has 1 saturated heterocycles. The summed E-state index contributed by atoms with van der Waals surface area (Å²) in [5, 5.41) is 21.9. The smallest absolute Gasteiger partial charge is 0.253 e. The molecule has 1 fully saturated rings. The van der Waals surface area contributed by atoms with Crippen LogP contribution >= 0.6 is 0 Å². The van der Waals surface area contributed by atoms with Gasteiger partial charge in [-0.25, -0.2) is 0 Å². The largest absolute Gasteiger partial charge is 0.508 e. The van der Waals surface area contributed by atoms with Crippen molar-refractivity contribution in [1.29, 1.82) is 0 Å². The number of phenols is 2. The summed E-state index contributed by atoms with van der Waals surface area (Å²) in [6.07, 6.45) is 1.28. The van der Waals surface area contributed by atoms with Gasteiger partial charge in [-0.3, -0.25) is 9.59 Å². The van der Waals surface area contributed by atoms with Crippen LogP contribution < -0.4 is 10.1 Å². The third-order valence-corrected chi connectivity index (χ3v) is 4.69. The van der Waals surface area contributed by atoms with Crippen LogP contribution in [-0.4, -0.2) is 52.7 Å². The van der Waals surface area contributed by atoms with Gasteiger partial charge in [0, 0.05) is 36.3 Å². The maximum Gasteiger partial charge on any atom is 0.253 e. The van der Waals surface area contributed by atoms with Crippen molar-refractivity contribution in [2.75, 3.05) is 19.7 Å². The molecule has 0 bridgehead atoms.